The first-order valence-corrected chi connectivity index (χ1v) is 5.87. The van der Waals surface area contributed by atoms with Crippen LogP contribution in [0, 0.1) is 0 Å². The van der Waals surface area contributed by atoms with Gasteiger partial charge < -0.3 is 5.32 Å². The van der Waals surface area contributed by atoms with Crippen LogP contribution in [0.4, 0.5) is 5.69 Å². The molecule has 1 nitrogen and oxygen atoms in total. The highest BCUT2D eigenvalue weighted by Gasteiger charge is 1.89. The second kappa shape index (κ2) is 5.49. The Morgan fingerprint density at radius 2 is 2.55 bits per heavy atom. The predicted octanol–water partition coefficient (Wildman–Crippen LogP) is 2.91. The molecule has 0 aliphatic rings. The Hall–Kier alpha value is -0.150. The van der Waals surface area contributed by atoms with Crippen molar-refractivity contribution < 1.29 is 0 Å². The highest BCUT2D eigenvalue weighted by molar-refractivity contribution is 7.99. The largest absolute Gasteiger partial charge is 0.384 e. The number of anilines is 1. The lowest BCUT2D eigenvalue weighted by Gasteiger charge is -2.01. The summed E-state index contributed by atoms with van der Waals surface area (Å²) in [7, 11) is 0. The molecule has 1 aromatic rings. The lowest BCUT2D eigenvalue weighted by molar-refractivity contribution is 1.23. The van der Waals surface area contributed by atoms with Crippen molar-refractivity contribution in [3.8, 4) is 0 Å². The van der Waals surface area contributed by atoms with Gasteiger partial charge in [-0.25, -0.2) is 0 Å². The van der Waals surface area contributed by atoms with E-state index < -0.39 is 0 Å². The fourth-order valence-corrected chi connectivity index (χ4v) is 1.92. The quantitative estimate of drug-likeness (QED) is 0.711. The second-order valence-corrected chi connectivity index (χ2v) is 4.31. The third-order valence-electron chi connectivity index (χ3n) is 1.30. The lowest BCUT2D eigenvalue weighted by Crippen LogP contribution is -2.02. The van der Waals surface area contributed by atoms with Crippen LogP contribution in [-0.4, -0.2) is 18.1 Å². The van der Waals surface area contributed by atoms with Crippen molar-refractivity contribution in [1.29, 1.82) is 0 Å². The molecular formula is C8H13NS2. The number of thioether (sulfide) groups is 1. The molecule has 0 atom stereocenters. The summed E-state index contributed by atoms with van der Waals surface area (Å²) in [6, 6.07) is 2.11. The SMILES string of the molecule is CCSCCNc1ccsc1. The van der Waals surface area contributed by atoms with Gasteiger partial charge in [-0.05, 0) is 17.2 Å². The molecule has 11 heavy (non-hydrogen) atoms. The Morgan fingerprint density at radius 1 is 1.64 bits per heavy atom. The zero-order chi connectivity index (χ0) is 7.94. The smallest absolute Gasteiger partial charge is 0.0449 e. The van der Waals surface area contributed by atoms with Crippen molar-refractivity contribution in [3.63, 3.8) is 0 Å². The van der Waals surface area contributed by atoms with Crippen molar-refractivity contribution in [2.75, 3.05) is 23.4 Å². The monoisotopic (exact) mass is 187 g/mol. The highest BCUT2D eigenvalue weighted by Crippen LogP contribution is 2.11. The predicted molar refractivity (Wildman–Crippen MR) is 55.8 cm³/mol. The Kier molecular flexibility index (Phi) is 4.47. The van der Waals surface area contributed by atoms with E-state index in [2.05, 4.69) is 29.1 Å². The minimum absolute atomic E-state index is 1.08. The Bertz CT molecular complexity index is 172. The molecule has 1 heterocycles. The van der Waals surface area contributed by atoms with Gasteiger partial charge in [0.05, 0.1) is 0 Å². The molecule has 0 aromatic carbocycles. The summed E-state index contributed by atoms with van der Waals surface area (Å²) in [5, 5.41) is 7.58. The summed E-state index contributed by atoms with van der Waals surface area (Å²) in [5.74, 6) is 2.41. The van der Waals surface area contributed by atoms with Crippen LogP contribution in [0.2, 0.25) is 0 Å². The van der Waals surface area contributed by atoms with E-state index in [0.717, 1.165) is 6.54 Å². The molecule has 0 amide bonds. The van der Waals surface area contributed by atoms with E-state index in [1.807, 2.05) is 11.8 Å². The van der Waals surface area contributed by atoms with Crippen molar-refractivity contribution in [3.05, 3.63) is 16.8 Å². The van der Waals surface area contributed by atoms with Gasteiger partial charge in [0.2, 0.25) is 0 Å². The second-order valence-electron chi connectivity index (χ2n) is 2.14. The zero-order valence-electron chi connectivity index (χ0n) is 6.67. The fraction of sp³-hybridized carbons (Fsp3) is 0.500. The van der Waals surface area contributed by atoms with Gasteiger partial charge in [-0.3, -0.25) is 0 Å². The summed E-state index contributed by atoms with van der Waals surface area (Å²) in [4.78, 5) is 0. The first-order chi connectivity index (χ1) is 5.43. The molecule has 0 aliphatic carbocycles. The van der Waals surface area contributed by atoms with Crippen LogP contribution < -0.4 is 5.32 Å². The van der Waals surface area contributed by atoms with E-state index in [1.165, 1.54) is 17.2 Å². The van der Waals surface area contributed by atoms with E-state index in [0.29, 0.717) is 0 Å². The van der Waals surface area contributed by atoms with Gasteiger partial charge in [0.1, 0.15) is 0 Å². The molecular weight excluding hydrogens is 174 g/mol. The fourth-order valence-electron chi connectivity index (χ4n) is 0.777. The summed E-state index contributed by atoms with van der Waals surface area (Å²) in [6.45, 7) is 3.27. The Balaban J connectivity index is 2.04. The first-order valence-electron chi connectivity index (χ1n) is 3.77. The van der Waals surface area contributed by atoms with Gasteiger partial charge in [0.25, 0.3) is 0 Å². The molecule has 1 N–H and O–H groups in total. The molecule has 0 fully saturated rings. The molecule has 0 radical (unpaired) electrons. The molecule has 1 aromatic heterocycles. The van der Waals surface area contributed by atoms with Crippen LogP contribution in [0.3, 0.4) is 0 Å². The van der Waals surface area contributed by atoms with Gasteiger partial charge in [-0.1, -0.05) is 6.92 Å². The van der Waals surface area contributed by atoms with E-state index >= 15 is 0 Å². The topological polar surface area (TPSA) is 12.0 Å². The van der Waals surface area contributed by atoms with Crippen molar-refractivity contribution in [2.24, 2.45) is 0 Å². The van der Waals surface area contributed by atoms with E-state index in [-0.39, 0.29) is 0 Å². The maximum atomic E-state index is 3.35. The highest BCUT2D eigenvalue weighted by atomic mass is 32.2. The number of hydrogen-bond acceptors (Lipinski definition) is 3. The average molecular weight is 187 g/mol. The normalized spacial score (nSPS) is 9.91. The zero-order valence-corrected chi connectivity index (χ0v) is 8.30. The Morgan fingerprint density at radius 3 is 3.18 bits per heavy atom. The van der Waals surface area contributed by atoms with Crippen molar-refractivity contribution in [1.82, 2.24) is 0 Å². The molecule has 0 aliphatic heterocycles. The van der Waals surface area contributed by atoms with Crippen LogP contribution in [0.25, 0.3) is 0 Å². The third kappa shape index (κ3) is 3.68. The van der Waals surface area contributed by atoms with Crippen LogP contribution >= 0.6 is 23.1 Å². The molecule has 0 saturated carbocycles. The summed E-state index contributed by atoms with van der Waals surface area (Å²) in [6.07, 6.45) is 0. The van der Waals surface area contributed by atoms with E-state index in [9.17, 15) is 0 Å². The number of nitrogens with one attached hydrogen (secondary N) is 1. The molecule has 0 saturated heterocycles. The summed E-state index contributed by atoms with van der Waals surface area (Å²) >= 11 is 3.70. The van der Waals surface area contributed by atoms with Gasteiger partial charge in [-0.15, -0.1) is 0 Å². The van der Waals surface area contributed by atoms with Gasteiger partial charge >= 0.3 is 0 Å². The van der Waals surface area contributed by atoms with Crippen LogP contribution in [-0.2, 0) is 0 Å². The van der Waals surface area contributed by atoms with E-state index in [1.54, 1.807) is 11.3 Å². The first kappa shape index (κ1) is 8.94. The van der Waals surface area contributed by atoms with Crippen LogP contribution in [0.5, 0.6) is 0 Å². The molecule has 3 heteroatoms. The van der Waals surface area contributed by atoms with Crippen LogP contribution in [0.15, 0.2) is 16.8 Å². The van der Waals surface area contributed by atoms with Crippen LogP contribution in [0.1, 0.15) is 6.92 Å². The minimum Gasteiger partial charge on any atom is -0.384 e. The molecule has 0 bridgehead atoms. The number of hydrogen-bond donors (Lipinski definition) is 1. The maximum absolute atomic E-state index is 3.35. The van der Waals surface area contributed by atoms with Gasteiger partial charge in [0.15, 0.2) is 0 Å². The number of rotatable bonds is 5. The van der Waals surface area contributed by atoms with Crippen molar-refractivity contribution in [2.45, 2.75) is 6.92 Å². The molecule has 62 valence electrons. The van der Waals surface area contributed by atoms with Crippen molar-refractivity contribution >= 4 is 28.8 Å². The van der Waals surface area contributed by atoms with Gasteiger partial charge in [-0.2, -0.15) is 23.1 Å². The lowest BCUT2D eigenvalue weighted by atomic mass is 10.5. The van der Waals surface area contributed by atoms with Gasteiger partial charge in [0, 0.05) is 23.4 Å². The number of thiophene rings is 1. The third-order valence-corrected chi connectivity index (χ3v) is 2.89. The molecule has 0 unspecified atom stereocenters. The molecule has 1 rings (SSSR count). The Labute approximate surface area is 76.2 Å². The van der Waals surface area contributed by atoms with E-state index in [4.69, 9.17) is 0 Å². The minimum atomic E-state index is 1.08. The molecule has 0 spiro atoms. The average Bonchev–Trinajstić information content (AvgIpc) is 2.50. The standard InChI is InChI=1S/C8H13NS2/c1-2-10-6-4-9-8-3-5-11-7-8/h3,5,7,9H,2,4,6H2,1H3. The summed E-state index contributed by atoms with van der Waals surface area (Å²) in [5.41, 5.74) is 1.26. The summed E-state index contributed by atoms with van der Waals surface area (Å²) < 4.78 is 0. The maximum Gasteiger partial charge on any atom is 0.0449 e.